The lowest BCUT2D eigenvalue weighted by molar-refractivity contribution is 0.102. The van der Waals surface area contributed by atoms with Crippen molar-refractivity contribution in [2.24, 2.45) is 0 Å². The lowest BCUT2D eigenvalue weighted by Crippen LogP contribution is -2.14. The molecule has 0 saturated carbocycles. The highest BCUT2D eigenvalue weighted by atomic mass is 35.5. The molecular weight excluding hydrogens is 282 g/mol. The number of aromatic nitrogens is 1. The molecule has 3 N–H and O–H groups in total. The van der Waals surface area contributed by atoms with Crippen molar-refractivity contribution in [2.75, 3.05) is 17.8 Å². The summed E-state index contributed by atoms with van der Waals surface area (Å²) in [5.74, 6) is 0.672. The Kier molecular flexibility index (Phi) is 3.08. The highest BCUT2D eigenvalue weighted by molar-refractivity contribution is 6.29. The van der Waals surface area contributed by atoms with Crippen molar-refractivity contribution in [3.05, 3.63) is 41.2 Å². The molecule has 2 heterocycles. The summed E-state index contributed by atoms with van der Waals surface area (Å²) in [6.45, 7) is 0.125. The number of nitrogens with two attached hydrogens (primary N) is 1. The van der Waals surface area contributed by atoms with Gasteiger partial charge >= 0.3 is 0 Å². The molecule has 0 atom stereocenters. The first-order valence-corrected chi connectivity index (χ1v) is 6.13. The lowest BCUT2D eigenvalue weighted by atomic mass is 10.1. The number of carbonyl (C=O) groups is 1. The van der Waals surface area contributed by atoms with E-state index in [1.54, 1.807) is 24.3 Å². The van der Waals surface area contributed by atoms with Crippen LogP contribution in [0.2, 0.25) is 5.15 Å². The number of amides is 1. The molecule has 0 spiro atoms. The van der Waals surface area contributed by atoms with Crippen LogP contribution in [0.1, 0.15) is 10.4 Å². The SMILES string of the molecule is Nc1cc2c(cc1C(=O)Nc1ccnc(Cl)c1)OCO2. The molecular formula is C13H10ClN3O3. The molecule has 102 valence electrons. The fourth-order valence-corrected chi connectivity index (χ4v) is 2.01. The molecule has 0 unspecified atom stereocenters. The number of nitrogens with one attached hydrogen (secondary N) is 1. The van der Waals surface area contributed by atoms with Crippen LogP contribution in [0.4, 0.5) is 11.4 Å². The number of rotatable bonds is 2. The van der Waals surface area contributed by atoms with E-state index < -0.39 is 0 Å². The topological polar surface area (TPSA) is 86.5 Å². The summed E-state index contributed by atoms with van der Waals surface area (Å²) in [6, 6.07) is 6.29. The Labute approximate surface area is 119 Å². The summed E-state index contributed by atoms with van der Waals surface area (Å²) in [4.78, 5) is 16.0. The van der Waals surface area contributed by atoms with Gasteiger partial charge in [0.25, 0.3) is 5.91 Å². The van der Waals surface area contributed by atoms with Crippen molar-refractivity contribution in [1.29, 1.82) is 0 Å². The number of nitrogen functional groups attached to an aromatic ring is 1. The Morgan fingerprint density at radius 3 is 2.80 bits per heavy atom. The molecule has 20 heavy (non-hydrogen) atoms. The van der Waals surface area contributed by atoms with Crippen molar-refractivity contribution in [3.63, 3.8) is 0 Å². The maximum Gasteiger partial charge on any atom is 0.257 e. The van der Waals surface area contributed by atoms with Crippen molar-refractivity contribution < 1.29 is 14.3 Å². The monoisotopic (exact) mass is 291 g/mol. The highest BCUT2D eigenvalue weighted by Gasteiger charge is 2.19. The molecule has 0 bridgehead atoms. The average Bonchev–Trinajstić information content (AvgIpc) is 2.84. The molecule has 1 aliphatic heterocycles. The number of pyridine rings is 1. The van der Waals surface area contributed by atoms with Gasteiger partial charge in [-0.3, -0.25) is 4.79 Å². The third-order valence-electron chi connectivity index (χ3n) is 2.77. The predicted molar refractivity (Wildman–Crippen MR) is 74.2 cm³/mol. The van der Waals surface area contributed by atoms with E-state index in [9.17, 15) is 4.79 Å². The van der Waals surface area contributed by atoms with Crippen LogP contribution in [0.3, 0.4) is 0 Å². The number of hydrogen-bond acceptors (Lipinski definition) is 5. The van der Waals surface area contributed by atoms with Crippen LogP contribution >= 0.6 is 11.6 Å². The van der Waals surface area contributed by atoms with E-state index >= 15 is 0 Å². The number of hydrogen-bond donors (Lipinski definition) is 2. The number of nitrogens with zero attached hydrogens (tertiary/aromatic N) is 1. The molecule has 1 aromatic heterocycles. The van der Waals surface area contributed by atoms with Crippen LogP contribution in [-0.4, -0.2) is 17.7 Å². The predicted octanol–water partition coefficient (Wildman–Crippen LogP) is 2.30. The van der Waals surface area contributed by atoms with E-state index in [1.807, 2.05) is 0 Å². The normalized spacial score (nSPS) is 12.2. The second-order valence-electron chi connectivity index (χ2n) is 4.11. The highest BCUT2D eigenvalue weighted by Crippen LogP contribution is 2.36. The molecule has 3 rings (SSSR count). The average molecular weight is 292 g/mol. The zero-order chi connectivity index (χ0) is 14.1. The number of halogens is 1. The molecule has 0 aliphatic carbocycles. The first kappa shape index (κ1) is 12.6. The Morgan fingerprint density at radius 1 is 1.30 bits per heavy atom. The van der Waals surface area contributed by atoms with Gasteiger partial charge in [-0.15, -0.1) is 0 Å². The summed E-state index contributed by atoms with van der Waals surface area (Å²) in [6.07, 6.45) is 1.50. The smallest absolute Gasteiger partial charge is 0.257 e. The maximum absolute atomic E-state index is 12.2. The zero-order valence-corrected chi connectivity index (χ0v) is 11.0. The van der Waals surface area contributed by atoms with Gasteiger partial charge in [-0.1, -0.05) is 11.6 Å². The molecule has 0 fully saturated rings. The maximum atomic E-state index is 12.2. The molecule has 1 aliphatic rings. The fraction of sp³-hybridized carbons (Fsp3) is 0.0769. The minimum Gasteiger partial charge on any atom is -0.454 e. The molecule has 0 saturated heterocycles. The quantitative estimate of drug-likeness (QED) is 0.655. The molecule has 0 radical (unpaired) electrons. The second-order valence-corrected chi connectivity index (χ2v) is 4.50. The number of ether oxygens (including phenoxy) is 2. The Hall–Kier alpha value is -2.47. The summed E-state index contributed by atoms with van der Waals surface area (Å²) < 4.78 is 10.4. The van der Waals surface area contributed by atoms with Gasteiger partial charge in [-0.05, 0) is 18.2 Å². The molecule has 6 nitrogen and oxygen atoms in total. The van der Waals surface area contributed by atoms with Crippen molar-refractivity contribution in [3.8, 4) is 11.5 Å². The Bertz CT molecular complexity index is 691. The molecule has 7 heteroatoms. The van der Waals surface area contributed by atoms with Crippen molar-refractivity contribution in [2.45, 2.75) is 0 Å². The van der Waals surface area contributed by atoms with E-state index in [0.29, 0.717) is 33.6 Å². The van der Waals surface area contributed by atoms with E-state index in [1.165, 1.54) is 6.20 Å². The summed E-state index contributed by atoms with van der Waals surface area (Å²) >= 11 is 5.76. The molecule has 1 amide bonds. The summed E-state index contributed by atoms with van der Waals surface area (Å²) in [5.41, 5.74) is 7.00. The minimum atomic E-state index is -0.358. The van der Waals surface area contributed by atoms with Gasteiger partial charge in [-0.25, -0.2) is 4.98 Å². The van der Waals surface area contributed by atoms with E-state index in [-0.39, 0.29) is 12.7 Å². The fourth-order valence-electron chi connectivity index (χ4n) is 1.83. The van der Waals surface area contributed by atoms with Crippen LogP contribution in [0.15, 0.2) is 30.5 Å². The molecule has 2 aromatic rings. The van der Waals surface area contributed by atoms with Crippen LogP contribution in [0.25, 0.3) is 0 Å². The van der Waals surface area contributed by atoms with Crippen LogP contribution < -0.4 is 20.5 Å². The first-order valence-electron chi connectivity index (χ1n) is 5.75. The first-order chi connectivity index (χ1) is 9.63. The Balaban J connectivity index is 1.87. The van der Waals surface area contributed by atoms with Gasteiger partial charge in [0.15, 0.2) is 11.5 Å². The van der Waals surface area contributed by atoms with Crippen molar-refractivity contribution in [1.82, 2.24) is 4.98 Å². The second kappa shape index (κ2) is 4.90. The Morgan fingerprint density at radius 2 is 2.05 bits per heavy atom. The lowest BCUT2D eigenvalue weighted by Gasteiger charge is -2.08. The van der Waals surface area contributed by atoms with Crippen LogP contribution in [-0.2, 0) is 0 Å². The summed E-state index contributed by atoms with van der Waals surface area (Å²) in [5, 5.41) is 2.98. The van der Waals surface area contributed by atoms with Gasteiger partial charge in [0.05, 0.1) is 5.56 Å². The number of carbonyl (C=O) groups excluding carboxylic acids is 1. The molecule has 1 aromatic carbocycles. The standard InChI is InChI=1S/C13H10ClN3O3/c14-12-3-7(1-2-16-12)17-13(18)8-4-10-11(5-9(8)15)20-6-19-10/h1-5H,6,15H2,(H,16,17,18). The third-order valence-corrected chi connectivity index (χ3v) is 2.98. The van der Waals surface area contributed by atoms with Crippen LogP contribution in [0, 0.1) is 0 Å². The largest absolute Gasteiger partial charge is 0.454 e. The van der Waals surface area contributed by atoms with Gasteiger partial charge in [0, 0.05) is 23.6 Å². The third kappa shape index (κ3) is 2.33. The van der Waals surface area contributed by atoms with Crippen LogP contribution in [0.5, 0.6) is 11.5 Å². The zero-order valence-electron chi connectivity index (χ0n) is 10.2. The minimum absolute atomic E-state index is 0.125. The number of benzene rings is 1. The number of fused-ring (bicyclic) bond motifs is 1. The van der Waals surface area contributed by atoms with Gasteiger partial charge in [-0.2, -0.15) is 0 Å². The van der Waals surface area contributed by atoms with Crippen molar-refractivity contribution >= 4 is 28.9 Å². The van der Waals surface area contributed by atoms with E-state index in [4.69, 9.17) is 26.8 Å². The van der Waals surface area contributed by atoms with Gasteiger partial charge in [0.1, 0.15) is 5.15 Å². The van der Waals surface area contributed by atoms with Gasteiger partial charge < -0.3 is 20.5 Å². The van der Waals surface area contributed by atoms with Gasteiger partial charge in [0.2, 0.25) is 6.79 Å². The van der Waals surface area contributed by atoms with E-state index in [2.05, 4.69) is 10.3 Å². The summed E-state index contributed by atoms with van der Waals surface area (Å²) in [7, 11) is 0. The number of anilines is 2. The van der Waals surface area contributed by atoms with E-state index in [0.717, 1.165) is 0 Å².